The van der Waals surface area contributed by atoms with E-state index in [9.17, 15) is 4.79 Å². The number of nitrogens with zero attached hydrogens (tertiary/aromatic N) is 2. The standard InChI is InChI=1S/C26H28N2O4.C2H6/c1-2-30-25(29)28-14-11-23(12-15-28)26(31-16-17-32-26)22-8-5-19(6-9-22)20-7-10-24-21(18-20)4-3-13-27-24;1-2/h3-10,13,18,23H,2,11-12,14-17H2,1H3;1-2H3. The fourth-order valence-corrected chi connectivity index (χ4v) is 4.87. The van der Waals surface area contributed by atoms with Crippen LogP contribution in [0, 0.1) is 5.92 Å². The van der Waals surface area contributed by atoms with Gasteiger partial charge in [0.2, 0.25) is 0 Å². The minimum absolute atomic E-state index is 0.188. The summed E-state index contributed by atoms with van der Waals surface area (Å²) in [5, 5.41) is 1.13. The van der Waals surface area contributed by atoms with E-state index < -0.39 is 5.79 Å². The van der Waals surface area contributed by atoms with Crippen molar-refractivity contribution in [2.75, 3.05) is 32.9 Å². The summed E-state index contributed by atoms with van der Waals surface area (Å²) in [6.45, 7) is 8.70. The first-order chi connectivity index (χ1) is 16.7. The molecule has 0 saturated carbocycles. The Morgan fingerprint density at radius 1 is 1.03 bits per heavy atom. The van der Waals surface area contributed by atoms with E-state index in [1.807, 2.05) is 33.0 Å². The number of piperidine rings is 1. The highest BCUT2D eigenvalue weighted by Gasteiger charge is 2.47. The molecule has 2 aliphatic heterocycles. The van der Waals surface area contributed by atoms with E-state index in [4.69, 9.17) is 14.2 Å². The average molecular weight is 463 g/mol. The fourth-order valence-electron chi connectivity index (χ4n) is 4.87. The predicted octanol–water partition coefficient (Wildman–Crippen LogP) is 6.00. The van der Waals surface area contributed by atoms with Gasteiger partial charge >= 0.3 is 6.09 Å². The lowest BCUT2D eigenvalue weighted by Gasteiger charge is -2.41. The minimum atomic E-state index is -0.743. The van der Waals surface area contributed by atoms with Gasteiger partial charge in [0.25, 0.3) is 0 Å². The molecular weight excluding hydrogens is 428 g/mol. The van der Waals surface area contributed by atoms with E-state index in [-0.39, 0.29) is 12.0 Å². The first-order valence-corrected chi connectivity index (χ1v) is 12.3. The molecule has 1 aromatic heterocycles. The summed E-state index contributed by atoms with van der Waals surface area (Å²) >= 11 is 0. The molecule has 6 nitrogen and oxygen atoms in total. The Balaban J connectivity index is 0.00000133. The van der Waals surface area contributed by atoms with E-state index in [1.54, 1.807) is 4.90 Å². The van der Waals surface area contributed by atoms with Gasteiger partial charge in [0.1, 0.15) is 0 Å². The molecule has 0 radical (unpaired) electrons. The summed E-state index contributed by atoms with van der Waals surface area (Å²) in [5.41, 5.74) is 4.33. The predicted molar refractivity (Wildman–Crippen MR) is 133 cm³/mol. The van der Waals surface area contributed by atoms with Gasteiger partial charge in [-0.15, -0.1) is 0 Å². The number of likely N-dealkylation sites (tertiary alicyclic amines) is 1. The molecule has 5 rings (SSSR count). The van der Waals surface area contributed by atoms with Gasteiger partial charge in [-0.1, -0.05) is 50.2 Å². The van der Waals surface area contributed by atoms with E-state index >= 15 is 0 Å². The molecule has 6 heteroatoms. The van der Waals surface area contributed by atoms with Crippen molar-refractivity contribution >= 4 is 17.0 Å². The number of benzene rings is 2. The summed E-state index contributed by atoms with van der Waals surface area (Å²) in [6, 6.07) is 18.9. The van der Waals surface area contributed by atoms with Crippen LogP contribution < -0.4 is 0 Å². The average Bonchev–Trinajstić information content (AvgIpc) is 3.41. The van der Waals surface area contributed by atoms with E-state index in [2.05, 4.69) is 53.5 Å². The topological polar surface area (TPSA) is 60.9 Å². The third-order valence-electron chi connectivity index (χ3n) is 6.50. The summed E-state index contributed by atoms with van der Waals surface area (Å²) in [6.07, 6.45) is 3.22. The number of carbonyl (C=O) groups excluding carboxylic acids is 1. The number of fused-ring (bicyclic) bond motifs is 1. The first-order valence-electron chi connectivity index (χ1n) is 12.3. The second kappa shape index (κ2) is 11.0. The summed E-state index contributed by atoms with van der Waals surface area (Å²) in [5.74, 6) is -0.555. The van der Waals surface area contributed by atoms with Crippen LogP contribution in [0.3, 0.4) is 0 Å². The number of hydrogen-bond acceptors (Lipinski definition) is 5. The third-order valence-corrected chi connectivity index (χ3v) is 6.50. The molecule has 3 heterocycles. The normalized spacial score (nSPS) is 17.8. The Kier molecular flexibility index (Phi) is 7.80. The van der Waals surface area contributed by atoms with Crippen LogP contribution in [0.25, 0.3) is 22.0 Å². The van der Waals surface area contributed by atoms with E-state index in [0.29, 0.717) is 32.9 Å². The van der Waals surface area contributed by atoms with Crippen molar-refractivity contribution in [3.05, 3.63) is 66.4 Å². The number of hydrogen-bond donors (Lipinski definition) is 0. The number of amides is 1. The Morgan fingerprint density at radius 3 is 2.38 bits per heavy atom. The molecule has 2 fully saturated rings. The summed E-state index contributed by atoms with van der Waals surface area (Å²) < 4.78 is 17.6. The second-order valence-corrected chi connectivity index (χ2v) is 8.31. The van der Waals surface area contributed by atoms with Crippen LogP contribution >= 0.6 is 0 Å². The van der Waals surface area contributed by atoms with Gasteiger partial charge in [-0.3, -0.25) is 4.98 Å². The van der Waals surface area contributed by atoms with Crippen LogP contribution in [0.4, 0.5) is 4.79 Å². The Hall–Kier alpha value is -2.96. The van der Waals surface area contributed by atoms with E-state index in [0.717, 1.165) is 40.4 Å². The molecule has 0 aliphatic carbocycles. The molecule has 180 valence electrons. The zero-order valence-electron chi connectivity index (χ0n) is 20.3. The SMILES string of the molecule is CC.CCOC(=O)N1CCC(C2(c3ccc(-c4ccc5ncccc5c4)cc3)OCCO2)CC1. The smallest absolute Gasteiger partial charge is 0.409 e. The molecule has 0 bridgehead atoms. The number of pyridine rings is 1. The first kappa shape index (κ1) is 24.2. The Morgan fingerprint density at radius 2 is 1.71 bits per heavy atom. The van der Waals surface area contributed by atoms with Crippen LogP contribution in [0.15, 0.2) is 60.8 Å². The Labute approximate surface area is 201 Å². The van der Waals surface area contributed by atoms with Gasteiger partial charge in [-0.25, -0.2) is 4.79 Å². The van der Waals surface area contributed by atoms with Gasteiger partial charge in [-0.05, 0) is 49.1 Å². The van der Waals surface area contributed by atoms with Gasteiger partial charge in [0, 0.05) is 36.2 Å². The van der Waals surface area contributed by atoms with Crippen molar-refractivity contribution in [3.63, 3.8) is 0 Å². The summed E-state index contributed by atoms with van der Waals surface area (Å²) in [4.78, 5) is 18.2. The van der Waals surface area contributed by atoms with Crippen LogP contribution in [-0.4, -0.2) is 48.9 Å². The van der Waals surface area contributed by atoms with Crippen LogP contribution in [0.5, 0.6) is 0 Å². The van der Waals surface area contributed by atoms with Crippen LogP contribution in [0.1, 0.15) is 39.2 Å². The number of rotatable bonds is 4. The van der Waals surface area contributed by atoms with Crippen molar-refractivity contribution in [1.82, 2.24) is 9.88 Å². The lowest BCUT2D eigenvalue weighted by atomic mass is 9.83. The lowest BCUT2D eigenvalue weighted by Crippen LogP contribution is -2.46. The molecule has 2 aliphatic rings. The highest BCUT2D eigenvalue weighted by Crippen LogP contribution is 2.44. The van der Waals surface area contributed by atoms with Gasteiger partial charge in [0.05, 0.1) is 25.3 Å². The van der Waals surface area contributed by atoms with Crippen molar-refractivity contribution in [3.8, 4) is 11.1 Å². The highest BCUT2D eigenvalue weighted by molar-refractivity contribution is 5.84. The molecule has 2 aromatic carbocycles. The Bertz CT molecular complexity index is 1090. The maximum Gasteiger partial charge on any atom is 0.409 e. The molecule has 0 N–H and O–H groups in total. The number of carbonyl (C=O) groups is 1. The third kappa shape index (κ3) is 4.79. The van der Waals surface area contributed by atoms with Crippen molar-refractivity contribution in [2.24, 2.45) is 5.92 Å². The van der Waals surface area contributed by atoms with E-state index in [1.165, 1.54) is 0 Å². The van der Waals surface area contributed by atoms with Crippen LogP contribution in [-0.2, 0) is 20.0 Å². The van der Waals surface area contributed by atoms with Crippen molar-refractivity contribution in [1.29, 1.82) is 0 Å². The van der Waals surface area contributed by atoms with Crippen LogP contribution in [0.2, 0.25) is 0 Å². The molecule has 0 atom stereocenters. The largest absolute Gasteiger partial charge is 0.450 e. The molecule has 2 saturated heterocycles. The molecule has 0 unspecified atom stereocenters. The molecule has 0 spiro atoms. The zero-order valence-corrected chi connectivity index (χ0v) is 20.3. The fraction of sp³-hybridized carbons (Fsp3) is 0.429. The summed E-state index contributed by atoms with van der Waals surface area (Å²) in [7, 11) is 0. The monoisotopic (exact) mass is 462 g/mol. The quantitative estimate of drug-likeness (QED) is 0.476. The zero-order chi connectivity index (χ0) is 24.0. The minimum Gasteiger partial charge on any atom is -0.450 e. The molecular formula is C28H34N2O4. The molecule has 3 aromatic rings. The van der Waals surface area contributed by atoms with Gasteiger partial charge < -0.3 is 19.1 Å². The van der Waals surface area contributed by atoms with Crippen molar-refractivity contribution < 1.29 is 19.0 Å². The molecule has 1 amide bonds. The molecule has 34 heavy (non-hydrogen) atoms. The lowest BCUT2D eigenvalue weighted by molar-refractivity contribution is -0.213. The van der Waals surface area contributed by atoms with Crippen molar-refractivity contribution in [2.45, 2.75) is 39.4 Å². The highest BCUT2D eigenvalue weighted by atomic mass is 16.7. The van der Waals surface area contributed by atoms with Gasteiger partial charge in [0.15, 0.2) is 5.79 Å². The van der Waals surface area contributed by atoms with Gasteiger partial charge in [-0.2, -0.15) is 0 Å². The number of ether oxygens (including phenoxy) is 3. The number of aromatic nitrogens is 1. The maximum absolute atomic E-state index is 12.1. The maximum atomic E-state index is 12.1. The second-order valence-electron chi connectivity index (χ2n) is 8.31.